The van der Waals surface area contributed by atoms with Gasteiger partial charge in [-0.15, -0.1) is 0 Å². The van der Waals surface area contributed by atoms with Gasteiger partial charge in [-0.3, -0.25) is 14.5 Å². The van der Waals surface area contributed by atoms with Crippen LogP contribution in [0.1, 0.15) is 54.5 Å². The minimum atomic E-state index is -0.162. The third kappa shape index (κ3) is 5.33. The summed E-state index contributed by atoms with van der Waals surface area (Å²) >= 11 is 0. The molecule has 1 amide bonds. The van der Waals surface area contributed by atoms with E-state index in [0.29, 0.717) is 19.6 Å². The van der Waals surface area contributed by atoms with Gasteiger partial charge in [0.05, 0.1) is 30.8 Å². The van der Waals surface area contributed by atoms with Crippen molar-refractivity contribution >= 4 is 17.6 Å². The van der Waals surface area contributed by atoms with Crippen molar-refractivity contribution < 1.29 is 14.3 Å². The van der Waals surface area contributed by atoms with Crippen molar-refractivity contribution in [3.05, 3.63) is 70.8 Å². The van der Waals surface area contributed by atoms with Gasteiger partial charge < -0.3 is 4.74 Å². The van der Waals surface area contributed by atoms with Crippen LogP contribution in [0.5, 0.6) is 0 Å². The number of carbonyl (C=O) groups excluding carboxylic acids is 2. The number of amides is 1. The van der Waals surface area contributed by atoms with Crippen LogP contribution in [-0.2, 0) is 14.3 Å². The van der Waals surface area contributed by atoms with Gasteiger partial charge in [0.25, 0.3) is 5.91 Å². The zero-order chi connectivity index (χ0) is 23.4. The van der Waals surface area contributed by atoms with Crippen LogP contribution >= 0.6 is 0 Å². The van der Waals surface area contributed by atoms with E-state index in [-0.39, 0.29) is 30.4 Å². The number of esters is 1. The maximum Gasteiger partial charge on any atom is 0.310 e. The minimum Gasteiger partial charge on any atom is -0.466 e. The van der Waals surface area contributed by atoms with Gasteiger partial charge in [0.1, 0.15) is 0 Å². The Morgan fingerprint density at radius 1 is 1.09 bits per heavy atom. The number of rotatable bonds is 6. The highest BCUT2D eigenvalue weighted by atomic mass is 16.5. The van der Waals surface area contributed by atoms with Crippen molar-refractivity contribution in [1.82, 2.24) is 9.91 Å². The van der Waals surface area contributed by atoms with Gasteiger partial charge in [0.2, 0.25) is 0 Å². The summed E-state index contributed by atoms with van der Waals surface area (Å²) in [6, 6.07) is 16.3. The molecule has 6 heteroatoms. The first kappa shape index (κ1) is 23.2. The molecule has 1 saturated heterocycles. The lowest BCUT2D eigenvalue weighted by Crippen LogP contribution is -2.44. The van der Waals surface area contributed by atoms with Crippen molar-refractivity contribution in [2.24, 2.45) is 11.0 Å². The predicted octanol–water partition coefficient (Wildman–Crippen LogP) is 4.26. The molecule has 0 aliphatic carbocycles. The fraction of sp³-hybridized carbons (Fsp3) is 0.444. The van der Waals surface area contributed by atoms with E-state index in [1.165, 1.54) is 11.1 Å². The quantitative estimate of drug-likeness (QED) is 0.621. The zero-order valence-corrected chi connectivity index (χ0v) is 19.8. The monoisotopic (exact) mass is 447 g/mol. The number of carbonyl (C=O) groups is 2. The second-order valence-corrected chi connectivity index (χ2v) is 9.04. The smallest absolute Gasteiger partial charge is 0.310 e. The molecule has 2 aliphatic heterocycles. The predicted molar refractivity (Wildman–Crippen MR) is 129 cm³/mol. The molecule has 6 nitrogen and oxygen atoms in total. The summed E-state index contributed by atoms with van der Waals surface area (Å²) in [6.07, 6.45) is 2.38. The maximum atomic E-state index is 13.5. The van der Waals surface area contributed by atoms with E-state index in [1.807, 2.05) is 25.1 Å². The van der Waals surface area contributed by atoms with E-state index in [9.17, 15) is 9.59 Å². The second kappa shape index (κ2) is 10.3. The van der Waals surface area contributed by atoms with Crippen LogP contribution in [0, 0.1) is 19.8 Å². The Morgan fingerprint density at radius 2 is 1.88 bits per heavy atom. The van der Waals surface area contributed by atoms with Gasteiger partial charge in [0.15, 0.2) is 0 Å². The first-order valence-corrected chi connectivity index (χ1v) is 11.9. The first-order chi connectivity index (χ1) is 16.0. The molecular weight excluding hydrogens is 414 g/mol. The largest absolute Gasteiger partial charge is 0.466 e. The normalized spacial score (nSPS) is 21.1. The van der Waals surface area contributed by atoms with Gasteiger partial charge in [-0.05, 0) is 68.5 Å². The number of hydrogen-bond acceptors (Lipinski definition) is 5. The van der Waals surface area contributed by atoms with E-state index in [0.717, 1.165) is 36.2 Å². The van der Waals surface area contributed by atoms with Crippen molar-refractivity contribution in [1.29, 1.82) is 0 Å². The number of hydrazone groups is 1. The van der Waals surface area contributed by atoms with Crippen molar-refractivity contribution in [3.63, 3.8) is 0 Å². The lowest BCUT2D eigenvalue weighted by Gasteiger charge is -2.32. The molecule has 2 aromatic carbocycles. The number of likely N-dealkylation sites (tertiary alicyclic amines) is 1. The number of ether oxygens (including phenoxy) is 1. The van der Waals surface area contributed by atoms with Gasteiger partial charge in [-0.2, -0.15) is 5.10 Å². The summed E-state index contributed by atoms with van der Waals surface area (Å²) in [6.45, 7) is 8.02. The molecule has 0 bridgehead atoms. The Balaban J connectivity index is 1.54. The molecule has 0 saturated carbocycles. The van der Waals surface area contributed by atoms with E-state index in [4.69, 9.17) is 9.84 Å². The average Bonchev–Trinajstić information content (AvgIpc) is 3.27. The summed E-state index contributed by atoms with van der Waals surface area (Å²) in [5.74, 6) is -0.357. The molecule has 2 unspecified atom stereocenters. The Labute approximate surface area is 196 Å². The third-order valence-electron chi connectivity index (χ3n) is 6.67. The number of hydrogen-bond donors (Lipinski definition) is 0. The SMILES string of the molecule is CCOC(=O)C1CCCN(CC(=O)N2N=C(c3ccc(C)c(C)c3)CC2c2ccccc2)C1. The number of benzene rings is 2. The fourth-order valence-electron chi connectivity index (χ4n) is 4.69. The molecule has 1 fully saturated rings. The second-order valence-electron chi connectivity index (χ2n) is 9.04. The minimum absolute atomic E-state index is 0.0350. The lowest BCUT2D eigenvalue weighted by molar-refractivity contribution is -0.150. The summed E-state index contributed by atoms with van der Waals surface area (Å²) in [7, 11) is 0. The molecule has 2 aliphatic rings. The molecule has 2 atom stereocenters. The van der Waals surface area contributed by atoms with Crippen molar-refractivity contribution in [2.75, 3.05) is 26.2 Å². The van der Waals surface area contributed by atoms with Crippen LogP contribution in [0.25, 0.3) is 0 Å². The first-order valence-electron chi connectivity index (χ1n) is 11.9. The molecule has 174 valence electrons. The lowest BCUT2D eigenvalue weighted by atomic mass is 9.96. The summed E-state index contributed by atoms with van der Waals surface area (Å²) in [5.41, 5.74) is 5.54. The molecule has 4 rings (SSSR count). The Bertz CT molecular complexity index is 1030. The number of aryl methyl sites for hydroxylation is 2. The highest BCUT2D eigenvalue weighted by molar-refractivity contribution is 6.03. The van der Waals surface area contributed by atoms with Crippen molar-refractivity contribution in [2.45, 2.75) is 46.1 Å². The molecule has 2 heterocycles. The molecular formula is C27H33N3O3. The Morgan fingerprint density at radius 3 is 2.61 bits per heavy atom. The molecule has 0 N–H and O–H groups in total. The molecule has 0 aromatic heterocycles. The zero-order valence-electron chi connectivity index (χ0n) is 19.8. The average molecular weight is 448 g/mol. The van der Waals surface area contributed by atoms with E-state index in [2.05, 4.69) is 49.1 Å². The summed E-state index contributed by atoms with van der Waals surface area (Å²) in [5, 5.41) is 6.48. The molecule has 2 aromatic rings. The van der Waals surface area contributed by atoms with Crippen LogP contribution in [0.15, 0.2) is 53.6 Å². The molecule has 33 heavy (non-hydrogen) atoms. The Kier molecular flexibility index (Phi) is 7.23. The van der Waals surface area contributed by atoms with Crippen LogP contribution in [-0.4, -0.2) is 53.7 Å². The van der Waals surface area contributed by atoms with Crippen LogP contribution in [0.3, 0.4) is 0 Å². The molecule has 0 radical (unpaired) electrons. The standard InChI is InChI=1S/C27H33N3O3/c1-4-33-27(32)23-11-8-14-29(17-23)18-26(31)30-25(21-9-6-5-7-10-21)16-24(28-30)22-13-12-19(2)20(3)15-22/h5-7,9-10,12-13,15,23,25H,4,8,11,14,16-18H2,1-3H3. The number of piperidine rings is 1. The maximum absolute atomic E-state index is 13.5. The van der Waals surface area contributed by atoms with Gasteiger partial charge >= 0.3 is 5.97 Å². The van der Waals surface area contributed by atoms with Gasteiger partial charge in [-0.1, -0.05) is 42.5 Å². The van der Waals surface area contributed by atoms with Crippen LogP contribution in [0.2, 0.25) is 0 Å². The summed E-state index contributed by atoms with van der Waals surface area (Å²) in [4.78, 5) is 27.7. The van der Waals surface area contributed by atoms with Crippen molar-refractivity contribution in [3.8, 4) is 0 Å². The fourth-order valence-corrected chi connectivity index (χ4v) is 4.69. The van der Waals surface area contributed by atoms with Crippen LogP contribution < -0.4 is 0 Å². The van der Waals surface area contributed by atoms with E-state index < -0.39 is 0 Å². The highest BCUT2D eigenvalue weighted by Gasteiger charge is 2.35. The van der Waals surface area contributed by atoms with E-state index >= 15 is 0 Å². The van der Waals surface area contributed by atoms with Gasteiger partial charge in [-0.25, -0.2) is 5.01 Å². The third-order valence-corrected chi connectivity index (χ3v) is 6.67. The summed E-state index contributed by atoms with van der Waals surface area (Å²) < 4.78 is 5.21. The topological polar surface area (TPSA) is 62.2 Å². The van der Waals surface area contributed by atoms with Crippen LogP contribution in [0.4, 0.5) is 0 Å². The van der Waals surface area contributed by atoms with E-state index in [1.54, 1.807) is 5.01 Å². The Hall–Kier alpha value is -2.99. The molecule has 0 spiro atoms. The number of nitrogens with zero attached hydrogens (tertiary/aromatic N) is 3. The van der Waals surface area contributed by atoms with Gasteiger partial charge in [0, 0.05) is 13.0 Å². The highest BCUT2D eigenvalue weighted by Crippen LogP contribution is 2.33.